The van der Waals surface area contributed by atoms with E-state index < -0.39 is 25.5 Å². The number of hydrogen-bond acceptors (Lipinski definition) is 5. The fourth-order valence-electron chi connectivity index (χ4n) is 1.31. The van der Waals surface area contributed by atoms with Crippen molar-refractivity contribution in [2.75, 3.05) is 0 Å². The Morgan fingerprint density at radius 2 is 1.95 bits per heavy atom. The van der Waals surface area contributed by atoms with Gasteiger partial charge in [0.1, 0.15) is 0 Å². The first kappa shape index (κ1) is 18.8. The van der Waals surface area contributed by atoms with Gasteiger partial charge in [-0.2, -0.15) is 0 Å². The first-order valence-electron chi connectivity index (χ1n) is 6.14. The molecule has 10 heteroatoms. The molecule has 7 nitrogen and oxygen atoms in total. The van der Waals surface area contributed by atoms with Gasteiger partial charge >= 0.3 is 15.2 Å². The lowest BCUT2D eigenvalue weighted by Crippen LogP contribution is -2.24. The SMILES string of the molecule is CCC(C)(C)OP(=O)(O)C(Sc1ccccn1)P(=O)(O)O. The van der Waals surface area contributed by atoms with Crippen molar-refractivity contribution in [3.8, 4) is 0 Å². The van der Waals surface area contributed by atoms with Crippen LogP contribution in [-0.4, -0.2) is 30.0 Å². The lowest BCUT2D eigenvalue weighted by molar-refractivity contribution is 0.0889. The van der Waals surface area contributed by atoms with Crippen LogP contribution < -0.4 is 0 Å². The van der Waals surface area contributed by atoms with E-state index in [0.29, 0.717) is 18.2 Å². The molecule has 0 bridgehead atoms. The smallest absolute Gasteiger partial charge is 0.323 e. The fraction of sp³-hybridized carbons (Fsp3) is 0.545. The highest BCUT2D eigenvalue weighted by Crippen LogP contribution is 2.69. The second-order valence-electron chi connectivity index (χ2n) is 4.97. The minimum atomic E-state index is -4.87. The fourth-order valence-corrected chi connectivity index (χ4v) is 6.26. The Morgan fingerprint density at radius 3 is 2.38 bits per heavy atom. The van der Waals surface area contributed by atoms with Crippen LogP contribution in [0.25, 0.3) is 0 Å². The van der Waals surface area contributed by atoms with Crippen LogP contribution in [0.3, 0.4) is 0 Å². The van der Waals surface area contributed by atoms with E-state index in [9.17, 15) is 23.8 Å². The van der Waals surface area contributed by atoms with E-state index in [2.05, 4.69) is 4.98 Å². The normalized spacial score (nSPS) is 17.2. The summed E-state index contributed by atoms with van der Waals surface area (Å²) in [5.74, 6) is 0. The molecule has 2 atom stereocenters. The monoisotopic (exact) mass is 355 g/mol. The van der Waals surface area contributed by atoms with Crippen molar-refractivity contribution < 1.29 is 28.3 Å². The van der Waals surface area contributed by atoms with Crippen molar-refractivity contribution in [3.05, 3.63) is 24.4 Å². The van der Waals surface area contributed by atoms with E-state index in [4.69, 9.17) is 4.52 Å². The number of hydrogen-bond donors (Lipinski definition) is 3. The van der Waals surface area contributed by atoms with Crippen molar-refractivity contribution >= 4 is 27.0 Å². The lowest BCUT2D eigenvalue weighted by atomic mass is 10.1. The molecule has 1 rings (SSSR count). The Balaban J connectivity index is 3.09. The standard InChI is InChI=1S/C11H19NO6P2S/c1-4-11(2,3)18-20(16,17)10(19(13,14)15)21-9-7-5-6-8-12-9/h5-8,10H,4H2,1-3H3,(H,16,17)(H2,13,14,15). The van der Waals surface area contributed by atoms with Gasteiger partial charge in [-0.25, -0.2) is 4.98 Å². The van der Waals surface area contributed by atoms with Gasteiger partial charge in [0.25, 0.3) is 0 Å². The zero-order chi connectivity index (χ0) is 16.3. The van der Waals surface area contributed by atoms with Crippen LogP contribution in [0.1, 0.15) is 27.2 Å². The molecule has 0 amide bonds. The molecule has 21 heavy (non-hydrogen) atoms. The molecule has 3 N–H and O–H groups in total. The third kappa shape index (κ3) is 5.83. The van der Waals surface area contributed by atoms with Crippen molar-refractivity contribution in [3.63, 3.8) is 0 Å². The van der Waals surface area contributed by atoms with E-state index in [1.165, 1.54) is 12.3 Å². The average Bonchev–Trinajstić information content (AvgIpc) is 2.34. The third-order valence-corrected chi connectivity index (χ3v) is 9.28. The summed E-state index contributed by atoms with van der Waals surface area (Å²) < 4.78 is 27.1. The first-order valence-corrected chi connectivity index (χ1v) is 10.3. The summed E-state index contributed by atoms with van der Waals surface area (Å²) in [6, 6.07) is 4.75. The lowest BCUT2D eigenvalue weighted by Gasteiger charge is -2.30. The van der Waals surface area contributed by atoms with Gasteiger partial charge in [-0.05, 0) is 32.4 Å². The number of pyridine rings is 1. The zero-order valence-electron chi connectivity index (χ0n) is 11.9. The van der Waals surface area contributed by atoms with Gasteiger partial charge in [-0.1, -0.05) is 24.8 Å². The summed E-state index contributed by atoms with van der Waals surface area (Å²) in [5.41, 5.74) is -0.970. The Bertz CT molecular complexity index is 561. The van der Waals surface area contributed by atoms with Gasteiger partial charge in [0, 0.05) is 6.20 Å². The van der Waals surface area contributed by atoms with Crippen LogP contribution in [0.2, 0.25) is 0 Å². The van der Waals surface area contributed by atoms with Gasteiger partial charge in [0.05, 0.1) is 10.6 Å². The molecule has 0 spiro atoms. The van der Waals surface area contributed by atoms with Crippen LogP contribution in [0.15, 0.2) is 29.4 Å². The molecule has 1 heterocycles. The van der Waals surface area contributed by atoms with E-state index in [-0.39, 0.29) is 5.03 Å². The molecule has 0 aliphatic rings. The van der Waals surface area contributed by atoms with Crippen LogP contribution in [0.4, 0.5) is 0 Å². The highest BCUT2D eigenvalue weighted by molar-refractivity contribution is 8.12. The van der Waals surface area contributed by atoms with Crippen LogP contribution >= 0.6 is 27.0 Å². The highest BCUT2D eigenvalue weighted by Gasteiger charge is 2.49. The Hall–Kier alpha value is -0.200. The second-order valence-corrected chi connectivity index (χ2v) is 10.7. The van der Waals surface area contributed by atoms with E-state index >= 15 is 0 Å². The molecule has 0 aliphatic carbocycles. The average molecular weight is 355 g/mol. The molecule has 0 radical (unpaired) electrons. The van der Waals surface area contributed by atoms with Gasteiger partial charge in [0.2, 0.25) is 4.73 Å². The predicted octanol–water partition coefficient (Wildman–Crippen LogP) is 3.03. The van der Waals surface area contributed by atoms with E-state index in [0.717, 1.165) is 0 Å². The minimum absolute atomic E-state index is 0.234. The molecular weight excluding hydrogens is 336 g/mol. The number of rotatable bonds is 7. The first-order chi connectivity index (χ1) is 9.48. The van der Waals surface area contributed by atoms with Crippen molar-refractivity contribution in [1.29, 1.82) is 0 Å². The number of thioether (sulfide) groups is 1. The number of aromatic nitrogens is 1. The Kier molecular flexibility index (Phi) is 6.21. The maximum absolute atomic E-state index is 12.3. The quantitative estimate of drug-likeness (QED) is 0.505. The number of nitrogens with zero attached hydrogens (tertiary/aromatic N) is 1. The van der Waals surface area contributed by atoms with E-state index in [1.807, 2.05) is 0 Å². The van der Waals surface area contributed by atoms with Gasteiger partial charge in [0.15, 0.2) is 0 Å². The molecule has 0 aromatic carbocycles. The van der Waals surface area contributed by atoms with Crippen LogP contribution in [0.5, 0.6) is 0 Å². The molecular formula is C11H19NO6P2S. The van der Waals surface area contributed by atoms with Gasteiger partial charge in [-0.3, -0.25) is 9.13 Å². The van der Waals surface area contributed by atoms with Crippen molar-refractivity contribution in [2.45, 2.75) is 42.6 Å². The summed E-state index contributed by atoms with van der Waals surface area (Å²) in [6.45, 7) is 4.91. The topological polar surface area (TPSA) is 117 Å². The Morgan fingerprint density at radius 1 is 1.33 bits per heavy atom. The van der Waals surface area contributed by atoms with Crippen molar-refractivity contribution in [1.82, 2.24) is 4.98 Å². The largest absolute Gasteiger partial charge is 0.354 e. The summed E-state index contributed by atoms with van der Waals surface area (Å²) in [4.78, 5) is 32.7. The van der Waals surface area contributed by atoms with E-state index in [1.54, 1.807) is 32.9 Å². The van der Waals surface area contributed by atoms with Gasteiger partial charge < -0.3 is 19.2 Å². The molecule has 0 aliphatic heterocycles. The summed E-state index contributed by atoms with van der Waals surface area (Å²) in [6.07, 6.45) is 1.85. The molecule has 0 fully saturated rings. The molecule has 2 unspecified atom stereocenters. The molecule has 0 saturated heterocycles. The summed E-state index contributed by atoms with van der Waals surface area (Å²) >= 11 is 0.541. The molecule has 1 aromatic heterocycles. The summed E-state index contributed by atoms with van der Waals surface area (Å²) in [7, 11) is -9.44. The molecule has 0 saturated carbocycles. The predicted molar refractivity (Wildman–Crippen MR) is 81.2 cm³/mol. The molecule has 1 aromatic rings. The van der Waals surface area contributed by atoms with Crippen LogP contribution in [0, 0.1) is 0 Å². The molecule has 120 valence electrons. The second kappa shape index (κ2) is 6.92. The van der Waals surface area contributed by atoms with Crippen molar-refractivity contribution in [2.24, 2.45) is 0 Å². The highest BCUT2D eigenvalue weighted by atomic mass is 32.2. The maximum atomic E-state index is 12.3. The zero-order valence-corrected chi connectivity index (χ0v) is 14.5. The maximum Gasteiger partial charge on any atom is 0.354 e. The van der Waals surface area contributed by atoms with Crippen LogP contribution in [-0.2, 0) is 13.7 Å². The Labute approximate surface area is 127 Å². The van der Waals surface area contributed by atoms with Gasteiger partial charge in [-0.15, -0.1) is 0 Å². The minimum Gasteiger partial charge on any atom is -0.323 e. The third-order valence-electron chi connectivity index (χ3n) is 2.66. The summed E-state index contributed by atoms with van der Waals surface area (Å²) in [5, 5.41) is 0.234.